The molecule has 5 heteroatoms. The maximum atomic E-state index is 11.9. The summed E-state index contributed by atoms with van der Waals surface area (Å²) in [6.07, 6.45) is 3.84. The van der Waals surface area contributed by atoms with Crippen LogP contribution in [0.15, 0.2) is 42.7 Å². The number of nitrogens with zero attached hydrogens (tertiary/aromatic N) is 2. The average molecular weight is 244 g/mol. The number of hydrogen-bond acceptors (Lipinski definition) is 3. The van der Waals surface area contributed by atoms with Crippen LogP contribution in [0.3, 0.4) is 0 Å². The van der Waals surface area contributed by atoms with Gasteiger partial charge in [0.15, 0.2) is 0 Å². The number of aryl methyl sites for hydroxylation is 1. The summed E-state index contributed by atoms with van der Waals surface area (Å²) in [5, 5.41) is 6.71. The summed E-state index contributed by atoms with van der Waals surface area (Å²) in [4.78, 5) is 11.9. The lowest BCUT2D eigenvalue weighted by molar-refractivity contribution is -0.117. The molecular weight excluding hydrogens is 228 g/mol. The first-order valence-corrected chi connectivity index (χ1v) is 5.74. The minimum absolute atomic E-state index is 0.202. The van der Waals surface area contributed by atoms with E-state index in [-0.39, 0.29) is 5.91 Å². The van der Waals surface area contributed by atoms with Crippen molar-refractivity contribution in [3.8, 4) is 0 Å². The standard InChI is InChI=1S/C13H16N4O/c1-17-9-11(8-15-17)16-13(18)12(14)7-10-5-3-2-4-6-10/h2-6,8-9,12H,7,14H2,1H3,(H,16,18)/t12-/m0/s1. The smallest absolute Gasteiger partial charge is 0.241 e. The van der Waals surface area contributed by atoms with Crippen molar-refractivity contribution in [1.82, 2.24) is 9.78 Å². The molecule has 3 N–H and O–H groups in total. The third kappa shape index (κ3) is 3.18. The van der Waals surface area contributed by atoms with Gasteiger partial charge in [-0.15, -0.1) is 0 Å². The summed E-state index contributed by atoms with van der Waals surface area (Å²) in [7, 11) is 1.79. The Morgan fingerprint density at radius 3 is 2.78 bits per heavy atom. The number of benzene rings is 1. The Hall–Kier alpha value is -2.14. The number of nitrogens with two attached hydrogens (primary N) is 1. The summed E-state index contributed by atoms with van der Waals surface area (Å²) in [5.74, 6) is -0.202. The third-order valence-electron chi connectivity index (χ3n) is 2.61. The van der Waals surface area contributed by atoms with Gasteiger partial charge in [-0.3, -0.25) is 9.48 Å². The first-order chi connectivity index (χ1) is 8.65. The molecule has 1 amide bonds. The van der Waals surface area contributed by atoms with Crippen LogP contribution in [-0.4, -0.2) is 21.7 Å². The minimum Gasteiger partial charge on any atom is -0.322 e. The van der Waals surface area contributed by atoms with Crippen molar-refractivity contribution in [2.24, 2.45) is 12.8 Å². The van der Waals surface area contributed by atoms with Crippen LogP contribution in [0.5, 0.6) is 0 Å². The van der Waals surface area contributed by atoms with E-state index in [9.17, 15) is 4.79 Å². The lowest BCUT2D eigenvalue weighted by Gasteiger charge is -2.11. The quantitative estimate of drug-likeness (QED) is 0.840. The maximum Gasteiger partial charge on any atom is 0.241 e. The first kappa shape index (κ1) is 12.3. The molecule has 1 aromatic carbocycles. The zero-order valence-corrected chi connectivity index (χ0v) is 10.2. The summed E-state index contributed by atoms with van der Waals surface area (Å²) in [5.41, 5.74) is 7.57. The topological polar surface area (TPSA) is 72.9 Å². The van der Waals surface area contributed by atoms with Crippen molar-refractivity contribution >= 4 is 11.6 Å². The summed E-state index contributed by atoms with van der Waals surface area (Å²) in [6.45, 7) is 0. The minimum atomic E-state index is -0.562. The lowest BCUT2D eigenvalue weighted by atomic mass is 10.1. The largest absolute Gasteiger partial charge is 0.322 e. The number of aromatic nitrogens is 2. The zero-order valence-electron chi connectivity index (χ0n) is 10.2. The molecule has 0 saturated heterocycles. The Morgan fingerprint density at radius 2 is 2.17 bits per heavy atom. The predicted molar refractivity (Wildman–Crippen MR) is 70.0 cm³/mol. The van der Waals surface area contributed by atoms with Crippen LogP contribution < -0.4 is 11.1 Å². The zero-order chi connectivity index (χ0) is 13.0. The molecule has 0 unspecified atom stereocenters. The molecule has 0 radical (unpaired) electrons. The molecule has 5 nitrogen and oxygen atoms in total. The maximum absolute atomic E-state index is 11.9. The van der Waals surface area contributed by atoms with E-state index >= 15 is 0 Å². The molecule has 18 heavy (non-hydrogen) atoms. The van der Waals surface area contributed by atoms with Crippen LogP contribution in [-0.2, 0) is 18.3 Å². The normalized spacial score (nSPS) is 12.1. The number of carbonyl (C=O) groups excluding carboxylic acids is 1. The van der Waals surface area contributed by atoms with Crippen molar-refractivity contribution in [1.29, 1.82) is 0 Å². The van der Waals surface area contributed by atoms with Gasteiger partial charge in [-0.1, -0.05) is 30.3 Å². The Kier molecular flexibility index (Phi) is 3.74. The highest BCUT2D eigenvalue weighted by molar-refractivity contribution is 5.94. The average Bonchev–Trinajstić information content (AvgIpc) is 2.76. The highest BCUT2D eigenvalue weighted by atomic mass is 16.2. The molecule has 1 heterocycles. The van der Waals surface area contributed by atoms with Gasteiger partial charge in [0.05, 0.1) is 17.9 Å². The molecule has 0 saturated carbocycles. The van der Waals surface area contributed by atoms with Gasteiger partial charge in [-0.25, -0.2) is 0 Å². The summed E-state index contributed by atoms with van der Waals surface area (Å²) < 4.78 is 1.62. The van der Waals surface area contributed by atoms with Crippen LogP contribution in [0, 0.1) is 0 Å². The number of amides is 1. The molecule has 0 aliphatic carbocycles. The van der Waals surface area contributed by atoms with Gasteiger partial charge in [0.25, 0.3) is 0 Å². The van der Waals surface area contributed by atoms with E-state index in [0.29, 0.717) is 12.1 Å². The predicted octanol–water partition coefficient (Wildman–Crippen LogP) is 0.929. The van der Waals surface area contributed by atoms with Gasteiger partial charge in [-0.05, 0) is 12.0 Å². The molecule has 1 aromatic heterocycles. The van der Waals surface area contributed by atoms with E-state index in [1.165, 1.54) is 0 Å². The van der Waals surface area contributed by atoms with Gasteiger partial charge < -0.3 is 11.1 Å². The van der Waals surface area contributed by atoms with E-state index in [1.54, 1.807) is 24.1 Å². The van der Waals surface area contributed by atoms with Crippen molar-refractivity contribution in [2.45, 2.75) is 12.5 Å². The number of anilines is 1. The van der Waals surface area contributed by atoms with Crippen LogP contribution in [0.25, 0.3) is 0 Å². The molecule has 0 spiro atoms. The molecule has 1 atom stereocenters. The number of rotatable bonds is 4. The van der Waals surface area contributed by atoms with Crippen LogP contribution in [0.2, 0.25) is 0 Å². The summed E-state index contributed by atoms with van der Waals surface area (Å²) in [6, 6.07) is 9.15. The van der Waals surface area contributed by atoms with Gasteiger partial charge >= 0.3 is 0 Å². The second-order valence-electron chi connectivity index (χ2n) is 4.19. The summed E-state index contributed by atoms with van der Waals surface area (Å²) >= 11 is 0. The van der Waals surface area contributed by atoms with Gasteiger partial charge in [0.2, 0.25) is 5.91 Å². The van der Waals surface area contributed by atoms with Crippen molar-refractivity contribution in [3.63, 3.8) is 0 Å². The SMILES string of the molecule is Cn1cc(NC(=O)[C@@H](N)Cc2ccccc2)cn1. The highest BCUT2D eigenvalue weighted by Crippen LogP contribution is 2.06. The molecule has 2 aromatic rings. The van der Waals surface area contributed by atoms with Crippen molar-refractivity contribution in [2.75, 3.05) is 5.32 Å². The second-order valence-corrected chi connectivity index (χ2v) is 4.19. The van der Waals surface area contributed by atoms with E-state index in [4.69, 9.17) is 5.73 Å². The highest BCUT2D eigenvalue weighted by Gasteiger charge is 2.14. The molecule has 0 bridgehead atoms. The second kappa shape index (κ2) is 5.46. The van der Waals surface area contributed by atoms with Gasteiger partial charge in [0, 0.05) is 13.2 Å². The lowest BCUT2D eigenvalue weighted by Crippen LogP contribution is -2.37. The van der Waals surface area contributed by atoms with Crippen LogP contribution in [0.1, 0.15) is 5.56 Å². The van der Waals surface area contributed by atoms with Crippen molar-refractivity contribution in [3.05, 3.63) is 48.3 Å². The fourth-order valence-corrected chi connectivity index (χ4v) is 1.68. The Bertz CT molecular complexity index is 521. The molecule has 0 aliphatic heterocycles. The van der Waals surface area contributed by atoms with E-state index in [1.807, 2.05) is 30.3 Å². The fourth-order valence-electron chi connectivity index (χ4n) is 1.68. The Balaban J connectivity index is 1.93. The van der Waals surface area contributed by atoms with Crippen LogP contribution >= 0.6 is 0 Å². The molecule has 0 fully saturated rings. The van der Waals surface area contributed by atoms with Gasteiger partial charge in [-0.2, -0.15) is 5.10 Å². The molecular formula is C13H16N4O. The van der Waals surface area contributed by atoms with E-state index < -0.39 is 6.04 Å². The van der Waals surface area contributed by atoms with Crippen LogP contribution in [0.4, 0.5) is 5.69 Å². The number of carbonyl (C=O) groups is 1. The first-order valence-electron chi connectivity index (χ1n) is 5.74. The third-order valence-corrected chi connectivity index (χ3v) is 2.61. The van der Waals surface area contributed by atoms with Gasteiger partial charge in [0.1, 0.15) is 0 Å². The molecule has 2 rings (SSSR count). The fraction of sp³-hybridized carbons (Fsp3) is 0.231. The van der Waals surface area contributed by atoms with E-state index in [2.05, 4.69) is 10.4 Å². The number of nitrogens with one attached hydrogen (secondary N) is 1. The molecule has 0 aliphatic rings. The van der Waals surface area contributed by atoms with E-state index in [0.717, 1.165) is 5.56 Å². The Labute approximate surface area is 106 Å². The monoisotopic (exact) mass is 244 g/mol. The Morgan fingerprint density at radius 1 is 1.44 bits per heavy atom. The van der Waals surface area contributed by atoms with Crippen molar-refractivity contribution < 1.29 is 4.79 Å². The molecule has 94 valence electrons. The number of hydrogen-bond donors (Lipinski definition) is 2.